The molecule has 3 aliphatic carbocycles. The fraction of sp³-hybridized carbons (Fsp3) is 0.972. The molecule has 0 bridgehead atoms. The minimum Gasteiger partial charge on any atom is -0.394 e. The highest BCUT2D eigenvalue weighted by Crippen LogP contribution is 2.40. The quantitative estimate of drug-likeness (QED) is 0.0340. The number of ether oxygens (including phenoxy) is 18. The minimum atomic E-state index is -1.57. The standard InChI is InChI=1S/C24H48N6O12.C24H46N6O11.C23H46N6O11/c1-6(26)10-3-9(32)13(29)22(37-10)40-19-8(28)2-7(27)15(33)21(19)42-24-18(36)20(12(5-31)39-24)41-23-14(30)17(35)16(34)11(4-25)38-23;1-7(26)11-3-2-8(27)22(36-11)39-19-10(29)4-9(28)15(32)21(19)41-24-18(35)20(13(6-31)38-24)40-23-14(30)17(34)16(33)12(5-25)37-23;24-4-7-1-2-9(26)22(35-7)37-17-11(28)3-10(27)14(32)19(17)39-23-16(34)18(12(6-30)36-23)38-21-8(5-25)13(31)15(33)20(29)40-21/h6-24,31-36H,2-5,25-30H2,1H3;2-3,7-24,31-35H,4-6,25-30H2,1H3;7-23,30-34H,1-6,24-29H2. The van der Waals surface area contributed by atoms with Crippen LogP contribution in [0.5, 0.6) is 0 Å². The van der Waals surface area contributed by atoms with E-state index in [1.54, 1.807) is 26.0 Å². The van der Waals surface area contributed by atoms with Gasteiger partial charge < -0.3 is 270 Å². The molecule has 0 spiro atoms. The summed E-state index contributed by atoms with van der Waals surface area (Å²) in [7, 11) is 0. The molecule has 3 saturated carbocycles. The monoisotopic (exact) mass is 1790 g/mol. The van der Waals surface area contributed by atoms with Gasteiger partial charge in [0.2, 0.25) is 0 Å². The first kappa shape index (κ1) is 103. The topological polar surface area (TPSA) is 958 Å². The second-order valence-electron chi connectivity index (χ2n) is 33.9. The van der Waals surface area contributed by atoms with Crippen LogP contribution in [0.3, 0.4) is 0 Å². The largest absolute Gasteiger partial charge is 0.394 e. The molecule has 54 atom stereocenters. The number of hydrogen-bond donors (Lipinski definition) is 34. The molecule has 9 aliphatic heterocycles. The van der Waals surface area contributed by atoms with Gasteiger partial charge in [0, 0.05) is 80.9 Å². The van der Waals surface area contributed by atoms with Gasteiger partial charge in [-0.3, -0.25) is 0 Å². The minimum absolute atomic E-state index is 0.136. The van der Waals surface area contributed by atoms with E-state index >= 15 is 0 Å². The highest BCUT2D eigenvalue weighted by Gasteiger charge is 2.59. The molecule has 52 heteroatoms. The Labute approximate surface area is 708 Å². The molecule has 8 saturated heterocycles. The molecule has 0 radical (unpaired) electrons. The summed E-state index contributed by atoms with van der Waals surface area (Å²) < 4.78 is 105. The van der Waals surface area contributed by atoms with Crippen molar-refractivity contribution in [3.8, 4) is 0 Å². The molecule has 0 amide bonds. The zero-order valence-corrected chi connectivity index (χ0v) is 68.4. The summed E-state index contributed by atoms with van der Waals surface area (Å²) in [6.07, 6.45) is -42.1. The van der Waals surface area contributed by atoms with Gasteiger partial charge in [-0.2, -0.15) is 0 Å². The molecular weight excluding hydrogens is 1650 g/mol. The maximum atomic E-state index is 11.1. The van der Waals surface area contributed by atoms with Gasteiger partial charge in [-0.25, -0.2) is 0 Å². The van der Waals surface area contributed by atoms with Crippen LogP contribution in [0.15, 0.2) is 12.2 Å². The van der Waals surface area contributed by atoms with Crippen LogP contribution in [0, 0.1) is 5.92 Å². The highest BCUT2D eigenvalue weighted by atomic mass is 16.8. The van der Waals surface area contributed by atoms with Crippen molar-refractivity contribution in [2.45, 2.75) is 377 Å². The Morgan fingerprint density at radius 2 is 0.675 bits per heavy atom. The van der Waals surface area contributed by atoms with E-state index in [0.717, 1.165) is 0 Å². The molecule has 11 fully saturated rings. The van der Waals surface area contributed by atoms with E-state index in [4.69, 9.17) is 188 Å². The average Bonchev–Trinajstić information content (AvgIpc) is 1.66. The first-order valence-electron chi connectivity index (χ1n) is 41.7. The van der Waals surface area contributed by atoms with E-state index < -0.39 is 338 Å². The van der Waals surface area contributed by atoms with Crippen molar-refractivity contribution in [3.05, 3.63) is 12.2 Å². The molecule has 0 aromatic rings. The van der Waals surface area contributed by atoms with Gasteiger partial charge in [-0.15, -0.1) is 0 Å². The van der Waals surface area contributed by atoms with Gasteiger partial charge in [0.05, 0.1) is 105 Å². The van der Waals surface area contributed by atoms with Crippen LogP contribution < -0.4 is 103 Å². The molecule has 54 unspecified atom stereocenters. The molecule has 0 aromatic heterocycles. The van der Waals surface area contributed by atoms with E-state index in [-0.39, 0.29) is 64.0 Å². The van der Waals surface area contributed by atoms with Crippen LogP contribution in [0.4, 0.5) is 0 Å². The SMILES string of the molecule is CC(N)C1C=CC(N)C(OC2C(N)CC(N)C(O)C2OC2OC(CO)C(OC3OC(CN)C(O)C(O)C3N)C2O)O1.CC(N)C1CC(O)C(N)C(OC2C(N)CC(N)C(O)C2OC2OC(CO)C(OC3OC(CN)C(O)C(O)C3N)C2O)O1.NCC1CCC(N)C(OC2C(N)CC(N)C(O)C2OC2OC(CO)C(OC3OC(N)C(O)C(O)C3CN)C2O)O1. The Hall–Kier alpha value is -2.34. The van der Waals surface area contributed by atoms with Gasteiger partial charge in [0.25, 0.3) is 0 Å². The van der Waals surface area contributed by atoms with Crippen LogP contribution in [0.2, 0.25) is 0 Å². The molecule has 718 valence electrons. The first-order valence-corrected chi connectivity index (χ1v) is 41.7. The van der Waals surface area contributed by atoms with E-state index in [1.807, 2.05) is 0 Å². The lowest BCUT2D eigenvalue weighted by molar-refractivity contribution is -0.299. The van der Waals surface area contributed by atoms with Gasteiger partial charge in [-0.05, 0) is 46.0 Å². The predicted octanol–water partition coefficient (Wildman–Crippen LogP) is -20.8. The van der Waals surface area contributed by atoms with Crippen molar-refractivity contribution < 1.29 is 167 Å². The van der Waals surface area contributed by atoms with Crippen LogP contribution >= 0.6 is 0 Å². The zero-order valence-electron chi connectivity index (χ0n) is 68.4. The third-order valence-corrected chi connectivity index (χ3v) is 24.8. The molecule has 12 aliphatic rings. The van der Waals surface area contributed by atoms with Gasteiger partial charge in [0.15, 0.2) is 56.6 Å². The van der Waals surface area contributed by atoms with Crippen molar-refractivity contribution in [2.24, 2.45) is 109 Å². The lowest BCUT2D eigenvalue weighted by Crippen LogP contribution is -2.66. The van der Waals surface area contributed by atoms with Crippen molar-refractivity contribution in [3.63, 3.8) is 0 Å². The zero-order chi connectivity index (χ0) is 90.5. The Morgan fingerprint density at radius 1 is 0.301 bits per heavy atom. The molecular formula is C71H140N18O34. The van der Waals surface area contributed by atoms with Crippen LogP contribution in [0.25, 0.3) is 0 Å². The highest BCUT2D eigenvalue weighted by molar-refractivity contribution is 5.09. The first-order chi connectivity index (χ1) is 58.1. The van der Waals surface area contributed by atoms with E-state index in [2.05, 4.69) is 0 Å². The summed E-state index contributed by atoms with van der Waals surface area (Å²) in [5.41, 5.74) is 108. The normalized spacial score (nSPS) is 52.2. The predicted molar refractivity (Wildman–Crippen MR) is 417 cm³/mol. The Bertz CT molecular complexity index is 3180. The number of hydrogen-bond acceptors (Lipinski definition) is 52. The second kappa shape index (κ2) is 45.4. The van der Waals surface area contributed by atoms with Gasteiger partial charge in [0.1, 0.15) is 141 Å². The number of rotatable bonds is 27. The lowest BCUT2D eigenvalue weighted by Gasteiger charge is -2.46. The molecule has 123 heavy (non-hydrogen) atoms. The van der Waals surface area contributed by atoms with Crippen LogP contribution in [0.1, 0.15) is 52.4 Å². The number of nitrogens with two attached hydrogens (primary N) is 18. The third-order valence-electron chi connectivity index (χ3n) is 24.8. The molecule has 12 rings (SSSR count). The molecule has 9 heterocycles. The third kappa shape index (κ3) is 23.5. The van der Waals surface area contributed by atoms with Crippen LogP contribution in [-0.2, 0) is 85.3 Å². The Kier molecular flexibility index (Phi) is 37.9. The summed E-state index contributed by atoms with van der Waals surface area (Å²) in [4.78, 5) is 0. The summed E-state index contributed by atoms with van der Waals surface area (Å²) >= 11 is 0. The smallest absolute Gasteiger partial charge is 0.187 e. The summed E-state index contributed by atoms with van der Waals surface area (Å²) in [6.45, 7) is 1.52. The lowest BCUT2D eigenvalue weighted by atomic mass is 9.84. The fourth-order valence-corrected chi connectivity index (χ4v) is 17.1. The van der Waals surface area contributed by atoms with E-state index in [0.29, 0.717) is 12.8 Å². The maximum absolute atomic E-state index is 11.1. The molecule has 52 nitrogen and oxygen atoms in total. The van der Waals surface area contributed by atoms with Gasteiger partial charge in [-0.1, -0.05) is 12.2 Å². The number of aliphatic hydroxyl groups excluding tert-OH is 16. The fourth-order valence-electron chi connectivity index (χ4n) is 17.1. The number of aliphatic hydroxyl groups is 16. The molecule has 52 N–H and O–H groups in total. The van der Waals surface area contributed by atoms with E-state index in [1.165, 1.54) is 0 Å². The van der Waals surface area contributed by atoms with Crippen LogP contribution in [-0.4, -0.2) is 452 Å². The molecule has 0 aromatic carbocycles. The summed E-state index contributed by atoms with van der Waals surface area (Å²) in [5, 5.41) is 168. The maximum Gasteiger partial charge on any atom is 0.187 e. The van der Waals surface area contributed by atoms with Gasteiger partial charge >= 0.3 is 0 Å². The Morgan fingerprint density at radius 3 is 1.06 bits per heavy atom. The van der Waals surface area contributed by atoms with Crippen molar-refractivity contribution in [2.75, 3.05) is 46.0 Å². The summed E-state index contributed by atoms with van der Waals surface area (Å²) in [6, 6.07) is -9.91. The summed E-state index contributed by atoms with van der Waals surface area (Å²) in [5.74, 6) is -0.896. The second-order valence-corrected chi connectivity index (χ2v) is 33.9. The van der Waals surface area contributed by atoms with Crippen molar-refractivity contribution in [1.82, 2.24) is 0 Å². The Balaban J connectivity index is 0.000000193. The van der Waals surface area contributed by atoms with Crippen molar-refractivity contribution in [1.29, 1.82) is 0 Å². The average molecular weight is 1790 g/mol. The van der Waals surface area contributed by atoms with E-state index in [9.17, 15) is 81.7 Å². The van der Waals surface area contributed by atoms with Crippen molar-refractivity contribution >= 4 is 0 Å².